The Labute approximate surface area is 122 Å². The molecule has 0 saturated carbocycles. The topological polar surface area (TPSA) is 26.0 Å². The number of alkyl halides is 3. The Balaban J connectivity index is 2.31. The molecule has 2 rings (SSSR count). The van der Waals surface area contributed by atoms with Crippen LogP contribution >= 0.6 is 0 Å². The predicted molar refractivity (Wildman–Crippen MR) is 78.9 cm³/mol. The molecule has 0 amide bonds. The van der Waals surface area contributed by atoms with E-state index in [0.717, 1.165) is 11.1 Å². The summed E-state index contributed by atoms with van der Waals surface area (Å²) in [4.78, 5) is 0. The average Bonchev–Trinajstić information content (AvgIpc) is 2.46. The molecule has 0 aliphatic rings. The second-order valence-corrected chi connectivity index (χ2v) is 5.68. The molecule has 21 heavy (non-hydrogen) atoms. The van der Waals surface area contributed by atoms with E-state index in [0.29, 0.717) is 5.56 Å². The average molecular weight is 293 g/mol. The molecule has 0 spiro atoms. The predicted octanol–water partition coefficient (Wildman–Crippen LogP) is 4.52. The van der Waals surface area contributed by atoms with E-state index in [2.05, 4.69) is 0 Å². The van der Waals surface area contributed by atoms with Crippen molar-refractivity contribution in [2.45, 2.75) is 31.5 Å². The molecule has 0 fully saturated rings. The highest BCUT2D eigenvalue weighted by Crippen LogP contribution is 2.35. The molecule has 0 saturated heterocycles. The normalized spacial score (nSPS) is 14.0. The molecular formula is C17H18F3N. The van der Waals surface area contributed by atoms with Crippen LogP contribution in [0.4, 0.5) is 13.2 Å². The number of nitrogens with two attached hydrogens (primary N) is 1. The van der Waals surface area contributed by atoms with Gasteiger partial charge in [-0.05, 0) is 16.7 Å². The Morgan fingerprint density at radius 2 is 1.29 bits per heavy atom. The zero-order valence-corrected chi connectivity index (χ0v) is 12.0. The summed E-state index contributed by atoms with van der Waals surface area (Å²) in [7, 11) is 0. The van der Waals surface area contributed by atoms with Gasteiger partial charge in [-0.1, -0.05) is 68.4 Å². The van der Waals surface area contributed by atoms with Gasteiger partial charge in [-0.2, -0.15) is 13.2 Å². The van der Waals surface area contributed by atoms with Crippen LogP contribution in [-0.2, 0) is 5.41 Å². The van der Waals surface area contributed by atoms with Gasteiger partial charge in [0, 0.05) is 5.41 Å². The SMILES string of the molecule is CC(C)(c1ccc(-c2ccccc2)cc1)C(N)C(F)(F)F. The maximum absolute atomic E-state index is 12.8. The van der Waals surface area contributed by atoms with E-state index < -0.39 is 17.6 Å². The van der Waals surface area contributed by atoms with Gasteiger partial charge in [0.2, 0.25) is 0 Å². The maximum atomic E-state index is 12.8. The van der Waals surface area contributed by atoms with Crippen LogP contribution in [0.15, 0.2) is 54.6 Å². The van der Waals surface area contributed by atoms with E-state index in [1.807, 2.05) is 42.5 Å². The Bertz CT molecular complexity index is 586. The van der Waals surface area contributed by atoms with E-state index in [4.69, 9.17) is 5.73 Å². The van der Waals surface area contributed by atoms with Crippen molar-refractivity contribution < 1.29 is 13.2 Å². The van der Waals surface area contributed by atoms with Crippen LogP contribution in [0.1, 0.15) is 19.4 Å². The Morgan fingerprint density at radius 3 is 1.76 bits per heavy atom. The zero-order chi connectivity index (χ0) is 15.7. The molecule has 2 aromatic carbocycles. The Morgan fingerprint density at radius 1 is 0.810 bits per heavy atom. The van der Waals surface area contributed by atoms with E-state index >= 15 is 0 Å². The maximum Gasteiger partial charge on any atom is 0.404 e. The lowest BCUT2D eigenvalue weighted by molar-refractivity contribution is -0.160. The number of rotatable bonds is 3. The summed E-state index contributed by atoms with van der Waals surface area (Å²) in [6.45, 7) is 3.03. The Kier molecular flexibility index (Phi) is 4.10. The van der Waals surface area contributed by atoms with Gasteiger partial charge in [-0.15, -0.1) is 0 Å². The standard InChI is InChI=1S/C17H18F3N/c1-16(2,15(21)17(18,19)20)14-10-8-13(9-11-14)12-6-4-3-5-7-12/h3-11,15H,21H2,1-2H3. The minimum atomic E-state index is -4.42. The summed E-state index contributed by atoms with van der Waals surface area (Å²) in [5, 5.41) is 0. The molecule has 0 bridgehead atoms. The summed E-state index contributed by atoms with van der Waals surface area (Å²) in [6.07, 6.45) is -4.42. The largest absolute Gasteiger partial charge is 0.404 e. The Hall–Kier alpha value is -1.81. The van der Waals surface area contributed by atoms with Crippen molar-refractivity contribution in [2.75, 3.05) is 0 Å². The van der Waals surface area contributed by atoms with Crippen molar-refractivity contribution in [3.8, 4) is 11.1 Å². The first-order valence-electron chi connectivity index (χ1n) is 6.71. The van der Waals surface area contributed by atoms with Gasteiger partial charge in [-0.25, -0.2) is 0 Å². The summed E-state index contributed by atoms with van der Waals surface area (Å²) in [5.41, 5.74) is 6.79. The van der Waals surface area contributed by atoms with Crippen LogP contribution < -0.4 is 5.73 Å². The third-order valence-electron chi connectivity index (χ3n) is 3.87. The van der Waals surface area contributed by atoms with Crippen LogP contribution in [0.5, 0.6) is 0 Å². The monoisotopic (exact) mass is 293 g/mol. The van der Waals surface area contributed by atoms with Crippen molar-refractivity contribution in [2.24, 2.45) is 5.73 Å². The summed E-state index contributed by atoms with van der Waals surface area (Å²) in [5.74, 6) is 0. The lowest BCUT2D eigenvalue weighted by Crippen LogP contribution is -2.51. The molecule has 2 aromatic rings. The zero-order valence-electron chi connectivity index (χ0n) is 12.0. The first-order valence-corrected chi connectivity index (χ1v) is 6.71. The number of hydrogen-bond donors (Lipinski definition) is 1. The molecule has 0 aliphatic carbocycles. The van der Waals surface area contributed by atoms with Crippen molar-refractivity contribution in [3.05, 3.63) is 60.2 Å². The highest BCUT2D eigenvalue weighted by molar-refractivity contribution is 5.63. The van der Waals surface area contributed by atoms with Crippen LogP contribution in [-0.4, -0.2) is 12.2 Å². The van der Waals surface area contributed by atoms with Gasteiger partial charge in [-0.3, -0.25) is 0 Å². The fourth-order valence-corrected chi connectivity index (χ4v) is 2.31. The van der Waals surface area contributed by atoms with Gasteiger partial charge in [0.15, 0.2) is 0 Å². The third-order valence-corrected chi connectivity index (χ3v) is 3.87. The van der Waals surface area contributed by atoms with Crippen molar-refractivity contribution in [1.29, 1.82) is 0 Å². The van der Waals surface area contributed by atoms with Crippen LogP contribution in [0.3, 0.4) is 0 Å². The van der Waals surface area contributed by atoms with Gasteiger partial charge < -0.3 is 5.73 Å². The van der Waals surface area contributed by atoms with Crippen molar-refractivity contribution >= 4 is 0 Å². The highest BCUT2D eigenvalue weighted by atomic mass is 19.4. The highest BCUT2D eigenvalue weighted by Gasteiger charge is 2.47. The minimum Gasteiger partial charge on any atom is -0.319 e. The van der Waals surface area contributed by atoms with Crippen molar-refractivity contribution in [3.63, 3.8) is 0 Å². The van der Waals surface area contributed by atoms with Gasteiger partial charge in [0.05, 0.1) is 0 Å². The quantitative estimate of drug-likeness (QED) is 0.884. The fourth-order valence-electron chi connectivity index (χ4n) is 2.31. The molecule has 0 heterocycles. The number of benzene rings is 2. The summed E-state index contributed by atoms with van der Waals surface area (Å²) >= 11 is 0. The summed E-state index contributed by atoms with van der Waals surface area (Å²) in [6, 6.07) is 14.9. The smallest absolute Gasteiger partial charge is 0.319 e. The van der Waals surface area contributed by atoms with Crippen molar-refractivity contribution in [1.82, 2.24) is 0 Å². The molecule has 1 nitrogen and oxygen atoms in total. The van der Waals surface area contributed by atoms with E-state index in [9.17, 15) is 13.2 Å². The lowest BCUT2D eigenvalue weighted by atomic mass is 9.77. The molecule has 0 radical (unpaired) electrons. The van der Waals surface area contributed by atoms with E-state index in [1.54, 1.807) is 12.1 Å². The third kappa shape index (κ3) is 3.27. The van der Waals surface area contributed by atoms with Gasteiger partial charge >= 0.3 is 6.18 Å². The number of halogens is 3. The number of hydrogen-bond acceptors (Lipinski definition) is 1. The second-order valence-electron chi connectivity index (χ2n) is 5.68. The van der Waals surface area contributed by atoms with E-state index in [1.165, 1.54) is 13.8 Å². The molecular weight excluding hydrogens is 275 g/mol. The van der Waals surface area contributed by atoms with Crippen LogP contribution in [0, 0.1) is 0 Å². The lowest BCUT2D eigenvalue weighted by Gasteiger charge is -2.33. The van der Waals surface area contributed by atoms with Gasteiger partial charge in [0.1, 0.15) is 6.04 Å². The minimum absolute atomic E-state index is 0.576. The second kappa shape index (κ2) is 5.53. The fraction of sp³-hybridized carbons (Fsp3) is 0.294. The summed E-state index contributed by atoms with van der Waals surface area (Å²) < 4.78 is 38.5. The first-order chi connectivity index (χ1) is 9.73. The van der Waals surface area contributed by atoms with Crippen LogP contribution in [0.2, 0.25) is 0 Å². The molecule has 112 valence electrons. The molecule has 4 heteroatoms. The molecule has 1 atom stereocenters. The van der Waals surface area contributed by atoms with E-state index in [-0.39, 0.29) is 0 Å². The molecule has 0 aromatic heterocycles. The van der Waals surface area contributed by atoms with Crippen LogP contribution in [0.25, 0.3) is 11.1 Å². The molecule has 0 aliphatic heterocycles. The molecule has 1 unspecified atom stereocenters. The van der Waals surface area contributed by atoms with Gasteiger partial charge in [0.25, 0.3) is 0 Å². The molecule has 2 N–H and O–H groups in total. The first kappa shape index (κ1) is 15.6.